The second-order valence-electron chi connectivity index (χ2n) is 8.20. The van der Waals surface area contributed by atoms with Gasteiger partial charge in [-0.25, -0.2) is 0 Å². The number of alkyl halides is 3. The number of hydrogen-bond donors (Lipinski definition) is 1. The van der Waals surface area contributed by atoms with Gasteiger partial charge in [0.15, 0.2) is 17.1 Å². The first kappa shape index (κ1) is 26.4. The molecule has 1 amide bonds. The van der Waals surface area contributed by atoms with Crippen LogP contribution in [0.3, 0.4) is 0 Å². The minimum Gasteiger partial charge on any atom is -0.497 e. The van der Waals surface area contributed by atoms with Gasteiger partial charge in [-0.2, -0.15) is 13.2 Å². The molecular formula is C24H27F3N4O3S. The lowest BCUT2D eigenvalue weighted by Gasteiger charge is -2.18. The predicted octanol–water partition coefficient (Wildman–Crippen LogP) is 5.83. The Kier molecular flexibility index (Phi) is 8.66. The van der Waals surface area contributed by atoms with E-state index in [0.29, 0.717) is 23.3 Å². The summed E-state index contributed by atoms with van der Waals surface area (Å²) in [5.41, 5.74) is -0.744. The predicted molar refractivity (Wildman–Crippen MR) is 128 cm³/mol. The second-order valence-corrected chi connectivity index (χ2v) is 9.14. The Balaban J connectivity index is 1.68. The zero-order valence-electron chi connectivity index (χ0n) is 19.8. The number of ether oxygens (including phenoxy) is 2. The first-order chi connectivity index (χ1) is 16.6. The fourth-order valence-corrected chi connectivity index (χ4v) is 4.01. The number of carbonyl (C=O) groups excluding carboxylic acids is 1. The number of anilines is 1. The number of aromatic nitrogens is 3. The quantitative estimate of drug-likeness (QED) is 0.347. The highest BCUT2D eigenvalue weighted by Gasteiger charge is 2.30. The van der Waals surface area contributed by atoms with Crippen LogP contribution >= 0.6 is 11.8 Å². The van der Waals surface area contributed by atoms with E-state index in [9.17, 15) is 18.0 Å². The van der Waals surface area contributed by atoms with Gasteiger partial charge in [0.25, 0.3) is 0 Å². The third kappa shape index (κ3) is 7.38. The molecule has 1 aromatic heterocycles. The molecule has 0 aliphatic rings. The number of methoxy groups -OCH3 is 1. The normalized spacial score (nSPS) is 12.5. The van der Waals surface area contributed by atoms with Crippen LogP contribution in [0.5, 0.6) is 11.5 Å². The number of thioether (sulfide) groups is 1. The second kappa shape index (κ2) is 11.5. The zero-order chi connectivity index (χ0) is 25.6. The molecule has 11 heteroatoms. The average Bonchev–Trinajstić information content (AvgIpc) is 3.19. The van der Waals surface area contributed by atoms with Crippen molar-refractivity contribution in [2.45, 2.75) is 44.8 Å². The number of rotatable bonds is 10. The summed E-state index contributed by atoms with van der Waals surface area (Å²) in [5, 5.41) is 11.5. The minimum atomic E-state index is -4.48. The highest BCUT2D eigenvalue weighted by molar-refractivity contribution is 7.99. The number of carbonyl (C=O) groups is 1. The molecule has 3 aromatic rings. The van der Waals surface area contributed by atoms with Crippen molar-refractivity contribution in [1.29, 1.82) is 0 Å². The van der Waals surface area contributed by atoms with E-state index < -0.39 is 23.8 Å². The molecule has 0 saturated carbocycles. The molecule has 0 aliphatic carbocycles. The molecule has 0 radical (unpaired) electrons. The summed E-state index contributed by atoms with van der Waals surface area (Å²) in [6, 6.07) is 11.7. The molecule has 188 valence electrons. The van der Waals surface area contributed by atoms with E-state index in [4.69, 9.17) is 9.47 Å². The van der Waals surface area contributed by atoms with Crippen molar-refractivity contribution >= 4 is 23.4 Å². The Labute approximate surface area is 206 Å². The summed E-state index contributed by atoms with van der Waals surface area (Å²) in [7, 11) is 1.59. The Morgan fingerprint density at radius 1 is 1.09 bits per heavy atom. The van der Waals surface area contributed by atoms with Gasteiger partial charge in [-0.3, -0.25) is 4.79 Å². The Morgan fingerprint density at radius 2 is 1.77 bits per heavy atom. The highest BCUT2D eigenvalue weighted by atomic mass is 32.2. The van der Waals surface area contributed by atoms with Gasteiger partial charge in [0, 0.05) is 12.2 Å². The first-order valence-corrected chi connectivity index (χ1v) is 11.9. The molecule has 0 fully saturated rings. The van der Waals surface area contributed by atoms with Gasteiger partial charge in [0.05, 0.1) is 18.4 Å². The van der Waals surface area contributed by atoms with E-state index in [0.717, 1.165) is 29.6 Å². The lowest BCUT2D eigenvalue weighted by atomic mass is 10.2. The highest BCUT2D eigenvalue weighted by Crippen LogP contribution is 2.31. The molecule has 2 aromatic carbocycles. The maximum atomic E-state index is 12.9. The monoisotopic (exact) mass is 508 g/mol. The Bertz CT molecular complexity index is 1130. The summed E-state index contributed by atoms with van der Waals surface area (Å²) in [6.07, 6.45) is -4.90. The van der Waals surface area contributed by atoms with Crippen molar-refractivity contribution in [2.24, 2.45) is 5.92 Å². The number of hydrogen-bond acceptors (Lipinski definition) is 6. The molecular weight excluding hydrogens is 481 g/mol. The van der Waals surface area contributed by atoms with E-state index in [1.165, 1.54) is 12.1 Å². The summed E-state index contributed by atoms with van der Waals surface area (Å²) in [5.74, 6) is 1.76. The molecule has 1 unspecified atom stereocenters. The Hall–Kier alpha value is -3.21. The van der Waals surface area contributed by atoms with Crippen LogP contribution < -0.4 is 14.8 Å². The maximum Gasteiger partial charge on any atom is 0.416 e. The summed E-state index contributed by atoms with van der Waals surface area (Å²) >= 11 is 1.16. The van der Waals surface area contributed by atoms with Crippen molar-refractivity contribution < 1.29 is 27.4 Å². The summed E-state index contributed by atoms with van der Waals surface area (Å²) in [4.78, 5) is 12.4. The molecule has 0 spiro atoms. The van der Waals surface area contributed by atoms with E-state index in [-0.39, 0.29) is 17.4 Å². The minimum absolute atomic E-state index is 0.0415. The van der Waals surface area contributed by atoms with Crippen molar-refractivity contribution in [1.82, 2.24) is 14.8 Å². The van der Waals surface area contributed by atoms with Gasteiger partial charge in [-0.05, 0) is 55.3 Å². The lowest BCUT2D eigenvalue weighted by molar-refractivity contribution is -0.137. The van der Waals surface area contributed by atoms with Gasteiger partial charge < -0.3 is 19.4 Å². The van der Waals surface area contributed by atoms with Crippen LogP contribution in [-0.2, 0) is 17.5 Å². The van der Waals surface area contributed by atoms with Crippen LogP contribution in [0, 0.1) is 5.92 Å². The number of benzene rings is 2. The van der Waals surface area contributed by atoms with Gasteiger partial charge in [-0.15, -0.1) is 10.2 Å². The Morgan fingerprint density at radius 3 is 2.40 bits per heavy atom. The van der Waals surface area contributed by atoms with Gasteiger partial charge in [0.2, 0.25) is 5.91 Å². The fourth-order valence-electron chi connectivity index (χ4n) is 3.26. The van der Waals surface area contributed by atoms with E-state index >= 15 is 0 Å². The standard InChI is InChI=1S/C24H27F3N4O3S/c1-15(2)13-31-22(16(3)34-20-10-8-19(33-4)9-11-20)29-30-23(31)35-14-21(32)28-18-7-5-6-17(12-18)24(25,26)27/h5-12,15-16H,13-14H2,1-4H3,(H,28,32). The number of nitrogens with zero attached hydrogens (tertiary/aromatic N) is 3. The van der Waals surface area contributed by atoms with Crippen LogP contribution in [-0.4, -0.2) is 33.5 Å². The molecule has 35 heavy (non-hydrogen) atoms. The van der Waals surface area contributed by atoms with Crippen LogP contribution in [0.15, 0.2) is 53.7 Å². The topological polar surface area (TPSA) is 78.3 Å². The molecule has 1 heterocycles. The van der Waals surface area contributed by atoms with Gasteiger partial charge in [-0.1, -0.05) is 31.7 Å². The molecule has 0 saturated heterocycles. The maximum absolute atomic E-state index is 12.9. The smallest absolute Gasteiger partial charge is 0.416 e. The molecule has 1 atom stereocenters. The third-order valence-electron chi connectivity index (χ3n) is 4.84. The molecule has 0 bridgehead atoms. The average molecular weight is 509 g/mol. The SMILES string of the molecule is COc1ccc(OC(C)c2nnc(SCC(=O)Nc3cccc(C(F)(F)F)c3)n2CC(C)C)cc1. The number of nitrogens with one attached hydrogen (secondary N) is 1. The van der Waals surface area contributed by atoms with E-state index in [2.05, 4.69) is 15.5 Å². The first-order valence-electron chi connectivity index (χ1n) is 10.9. The molecule has 7 nitrogen and oxygen atoms in total. The number of amides is 1. The number of halogens is 3. The van der Waals surface area contributed by atoms with E-state index in [1.807, 2.05) is 25.3 Å². The summed E-state index contributed by atoms with van der Waals surface area (Å²) < 4.78 is 51.8. The van der Waals surface area contributed by atoms with Crippen LogP contribution in [0.25, 0.3) is 0 Å². The van der Waals surface area contributed by atoms with Crippen molar-refractivity contribution in [3.8, 4) is 11.5 Å². The van der Waals surface area contributed by atoms with Crippen LogP contribution in [0.1, 0.15) is 38.3 Å². The molecule has 1 N–H and O–H groups in total. The molecule has 0 aliphatic heterocycles. The largest absolute Gasteiger partial charge is 0.497 e. The van der Waals surface area contributed by atoms with Gasteiger partial charge in [0.1, 0.15) is 11.5 Å². The van der Waals surface area contributed by atoms with Crippen LogP contribution in [0.2, 0.25) is 0 Å². The third-order valence-corrected chi connectivity index (χ3v) is 5.80. The van der Waals surface area contributed by atoms with Crippen molar-refractivity contribution in [3.05, 3.63) is 59.9 Å². The fraction of sp³-hybridized carbons (Fsp3) is 0.375. The summed E-state index contributed by atoms with van der Waals surface area (Å²) in [6.45, 7) is 6.57. The van der Waals surface area contributed by atoms with Crippen molar-refractivity contribution in [3.63, 3.8) is 0 Å². The lowest BCUT2D eigenvalue weighted by Crippen LogP contribution is -2.17. The van der Waals surface area contributed by atoms with E-state index in [1.54, 1.807) is 31.4 Å². The van der Waals surface area contributed by atoms with Crippen LogP contribution in [0.4, 0.5) is 18.9 Å². The van der Waals surface area contributed by atoms with Crippen molar-refractivity contribution in [2.75, 3.05) is 18.2 Å². The van der Waals surface area contributed by atoms with Gasteiger partial charge >= 0.3 is 6.18 Å². The zero-order valence-corrected chi connectivity index (χ0v) is 20.6. The molecule has 3 rings (SSSR count).